The Labute approximate surface area is 103 Å². The summed E-state index contributed by atoms with van der Waals surface area (Å²) in [5.74, 6) is 1.73. The van der Waals surface area contributed by atoms with Crippen LogP contribution in [0.1, 0.15) is 39.5 Å². The molecule has 0 aromatic carbocycles. The Morgan fingerprint density at radius 3 is 2.81 bits per heavy atom. The van der Waals surface area contributed by atoms with E-state index < -0.39 is 0 Å². The van der Waals surface area contributed by atoms with Crippen LogP contribution in [-0.4, -0.2) is 29.5 Å². The molecule has 1 aliphatic rings. The van der Waals surface area contributed by atoms with E-state index in [1.54, 1.807) is 0 Å². The molecule has 0 saturated carbocycles. The monoisotopic (exact) mass is 244 g/mol. The number of hydrogen-bond donors (Lipinski definition) is 2. The van der Waals surface area contributed by atoms with E-state index in [-0.39, 0.29) is 11.9 Å². The van der Waals surface area contributed by atoms with Gasteiger partial charge >= 0.3 is 0 Å². The van der Waals surface area contributed by atoms with E-state index in [0.717, 1.165) is 13.0 Å². The van der Waals surface area contributed by atoms with Crippen LogP contribution >= 0.6 is 11.8 Å². The maximum atomic E-state index is 11.7. The normalized spacial score (nSPS) is 23.1. The quantitative estimate of drug-likeness (QED) is 0.775. The first-order valence-corrected chi connectivity index (χ1v) is 7.29. The predicted molar refractivity (Wildman–Crippen MR) is 70.5 cm³/mol. The number of carbonyl (C=O) groups is 1. The van der Waals surface area contributed by atoms with Crippen molar-refractivity contribution in [3.05, 3.63) is 0 Å². The SMILES string of the molecule is CC(C)C[C@@H](N)C(=O)NCC1CCCCS1. The fourth-order valence-corrected chi connectivity index (χ4v) is 3.17. The van der Waals surface area contributed by atoms with Gasteiger partial charge in [-0.3, -0.25) is 4.79 Å². The zero-order chi connectivity index (χ0) is 12.0. The van der Waals surface area contributed by atoms with Crippen LogP contribution in [0.25, 0.3) is 0 Å². The summed E-state index contributed by atoms with van der Waals surface area (Å²) in [6.45, 7) is 4.96. The van der Waals surface area contributed by atoms with Crippen molar-refractivity contribution in [2.24, 2.45) is 11.7 Å². The molecule has 0 radical (unpaired) electrons. The van der Waals surface area contributed by atoms with Crippen molar-refractivity contribution in [1.82, 2.24) is 5.32 Å². The molecule has 1 saturated heterocycles. The van der Waals surface area contributed by atoms with Crippen molar-refractivity contribution >= 4 is 17.7 Å². The van der Waals surface area contributed by atoms with E-state index in [0.29, 0.717) is 11.2 Å². The maximum absolute atomic E-state index is 11.7. The molecule has 0 aromatic heterocycles. The fourth-order valence-electron chi connectivity index (χ4n) is 1.93. The van der Waals surface area contributed by atoms with Crippen molar-refractivity contribution in [3.8, 4) is 0 Å². The third-order valence-corrected chi connectivity index (χ3v) is 4.24. The molecule has 0 aromatic rings. The lowest BCUT2D eigenvalue weighted by Gasteiger charge is -2.22. The van der Waals surface area contributed by atoms with Gasteiger partial charge in [-0.1, -0.05) is 20.3 Å². The van der Waals surface area contributed by atoms with Crippen molar-refractivity contribution in [2.75, 3.05) is 12.3 Å². The highest BCUT2D eigenvalue weighted by Gasteiger charge is 2.18. The summed E-state index contributed by atoms with van der Waals surface area (Å²) in [6, 6.07) is -0.339. The zero-order valence-corrected chi connectivity index (χ0v) is 11.2. The van der Waals surface area contributed by atoms with Gasteiger partial charge in [0.2, 0.25) is 5.91 Å². The number of hydrogen-bond acceptors (Lipinski definition) is 3. The van der Waals surface area contributed by atoms with Crippen LogP contribution in [0.5, 0.6) is 0 Å². The first-order valence-electron chi connectivity index (χ1n) is 6.24. The third kappa shape index (κ3) is 5.21. The molecule has 1 aliphatic heterocycles. The lowest BCUT2D eigenvalue weighted by atomic mass is 10.0. The smallest absolute Gasteiger partial charge is 0.236 e. The summed E-state index contributed by atoms with van der Waals surface area (Å²) in [5.41, 5.74) is 5.81. The van der Waals surface area contributed by atoms with Crippen molar-refractivity contribution in [2.45, 2.75) is 50.8 Å². The summed E-state index contributed by atoms with van der Waals surface area (Å²) < 4.78 is 0. The molecule has 3 nitrogen and oxygen atoms in total. The van der Waals surface area contributed by atoms with Gasteiger partial charge in [0.05, 0.1) is 6.04 Å². The topological polar surface area (TPSA) is 55.1 Å². The fraction of sp³-hybridized carbons (Fsp3) is 0.917. The minimum absolute atomic E-state index is 0.0138. The minimum atomic E-state index is -0.339. The maximum Gasteiger partial charge on any atom is 0.236 e. The zero-order valence-electron chi connectivity index (χ0n) is 10.4. The van der Waals surface area contributed by atoms with Crippen LogP contribution in [-0.2, 0) is 4.79 Å². The Hall–Kier alpha value is -0.220. The molecule has 1 fully saturated rings. The van der Waals surface area contributed by atoms with Crippen LogP contribution in [0.4, 0.5) is 0 Å². The predicted octanol–water partition coefficient (Wildman–Crippen LogP) is 1.76. The van der Waals surface area contributed by atoms with Gasteiger partial charge in [0.15, 0.2) is 0 Å². The van der Waals surface area contributed by atoms with Crippen LogP contribution in [0, 0.1) is 5.92 Å². The lowest BCUT2D eigenvalue weighted by molar-refractivity contribution is -0.122. The number of nitrogens with two attached hydrogens (primary N) is 1. The van der Waals surface area contributed by atoms with E-state index in [1.807, 2.05) is 11.8 Å². The van der Waals surface area contributed by atoms with Gasteiger partial charge in [-0.2, -0.15) is 11.8 Å². The Balaban J connectivity index is 2.17. The Morgan fingerprint density at radius 1 is 1.50 bits per heavy atom. The van der Waals surface area contributed by atoms with E-state index in [2.05, 4.69) is 19.2 Å². The second kappa shape index (κ2) is 7.17. The molecule has 1 amide bonds. The molecule has 0 bridgehead atoms. The van der Waals surface area contributed by atoms with Crippen molar-refractivity contribution < 1.29 is 4.79 Å². The van der Waals surface area contributed by atoms with Gasteiger partial charge < -0.3 is 11.1 Å². The summed E-state index contributed by atoms with van der Waals surface area (Å²) >= 11 is 1.98. The van der Waals surface area contributed by atoms with Crippen LogP contribution in [0.2, 0.25) is 0 Å². The molecular formula is C12H24N2OS. The van der Waals surface area contributed by atoms with Gasteiger partial charge in [-0.15, -0.1) is 0 Å². The first kappa shape index (κ1) is 13.8. The van der Waals surface area contributed by atoms with Crippen molar-refractivity contribution in [1.29, 1.82) is 0 Å². The molecular weight excluding hydrogens is 220 g/mol. The molecule has 0 spiro atoms. The van der Waals surface area contributed by atoms with Crippen LogP contribution in [0.3, 0.4) is 0 Å². The number of thioether (sulfide) groups is 1. The van der Waals surface area contributed by atoms with E-state index in [9.17, 15) is 4.79 Å². The van der Waals surface area contributed by atoms with Gasteiger partial charge in [-0.25, -0.2) is 0 Å². The Morgan fingerprint density at radius 2 is 2.25 bits per heavy atom. The average Bonchev–Trinajstić information content (AvgIpc) is 2.26. The first-order chi connectivity index (χ1) is 7.59. The number of nitrogens with one attached hydrogen (secondary N) is 1. The molecule has 2 atom stereocenters. The Bertz CT molecular complexity index is 215. The van der Waals surface area contributed by atoms with Gasteiger partial charge in [-0.05, 0) is 30.9 Å². The highest BCUT2D eigenvalue weighted by atomic mass is 32.2. The van der Waals surface area contributed by atoms with E-state index in [4.69, 9.17) is 5.73 Å². The number of rotatable bonds is 5. The molecule has 0 aliphatic carbocycles. The molecule has 94 valence electrons. The second-order valence-corrected chi connectivity index (χ2v) is 6.38. The highest BCUT2D eigenvalue weighted by Crippen LogP contribution is 2.24. The largest absolute Gasteiger partial charge is 0.354 e. The summed E-state index contributed by atoms with van der Waals surface area (Å²) in [7, 11) is 0. The van der Waals surface area contributed by atoms with Gasteiger partial charge in [0.25, 0.3) is 0 Å². The summed E-state index contributed by atoms with van der Waals surface area (Å²) in [5, 5.41) is 3.57. The minimum Gasteiger partial charge on any atom is -0.354 e. The van der Waals surface area contributed by atoms with E-state index >= 15 is 0 Å². The number of amides is 1. The average molecular weight is 244 g/mol. The molecule has 4 heteroatoms. The van der Waals surface area contributed by atoms with Crippen LogP contribution in [0.15, 0.2) is 0 Å². The van der Waals surface area contributed by atoms with Gasteiger partial charge in [0, 0.05) is 11.8 Å². The molecule has 1 heterocycles. The molecule has 1 rings (SSSR count). The second-order valence-electron chi connectivity index (χ2n) is 4.97. The molecule has 16 heavy (non-hydrogen) atoms. The summed E-state index contributed by atoms with van der Waals surface area (Å²) in [6.07, 6.45) is 4.61. The van der Waals surface area contributed by atoms with Crippen molar-refractivity contribution in [3.63, 3.8) is 0 Å². The highest BCUT2D eigenvalue weighted by molar-refractivity contribution is 7.99. The molecule has 3 N–H and O–H groups in total. The Kier molecular flexibility index (Phi) is 6.21. The number of carbonyl (C=O) groups excluding carboxylic acids is 1. The lowest BCUT2D eigenvalue weighted by Crippen LogP contribution is -2.43. The molecule has 1 unspecified atom stereocenters. The third-order valence-electron chi connectivity index (χ3n) is 2.84. The van der Waals surface area contributed by atoms with E-state index in [1.165, 1.54) is 25.0 Å². The standard InChI is InChI=1S/C12H24N2OS/c1-9(2)7-11(13)12(15)14-8-10-5-3-4-6-16-10/h9-11H,3-8,13H2,1-2H3,(H,14,15)/t10?,11-/m1/s1. The van der Waals surface area contributed by atoms with Crippen LogP contribution < -0.4 is 11.1 Å². The summed E-state index contributed by atoms with van der Waals surface area (Å²) in [4.78, 5) is 11.7. The van der Waals surface area contributed by atoms with Gasteiger partial charge in [0.1, 0.15) is 0 Å².